The summed E-state index contributed by atoms with van der Waals surface area (Å²) in [7, 11) is 5.81. The van der Waals surface area contributed by atoms with Gasteiger partial charge in [-0.05, 0) is 6.42 Å². The molecular weight excluding hydrogens is 240 g/mol. The van der Waals surface area contributed by atoms with Crippen LogP contribution in [-0.4, -0.2) is 48.9 Å². The number of likely N-dealkylation sites (N-methyl/N-ethyl adjacent to an activating group) is 1. The van der Waals surface area contributed by atoms with Crippen LogP contribution in [0.4, 0.5) is 0 Å². The Morgan fingerprint density at radius 3 is 2.00 bits per heavy atom. The summed E-state index contributed by atoms with van der Waals surface area (Å²) in [4.78, 5) is 11.6. The van der Waals surface area contributed by atoms with Gasteiger partial charge in [0.05, 0.1) is 21.1 Å². The number of aliphatic carboxylic acids is 1. The Labute approximate surface area is 118 Å². The van der Waals surface area contributed by atoms with Gasteiger partial charge in [-0.3, -0.25) is 5.32 Å². The molecule has 0 heterocycles. The van der Waals surface area contributed by atoms with Crippen molar-refractivity contribution in [3.63, 3.8) is 0 Å². The highest BCUT2D eigenvalue weighted by Gasteiger charge is 2.48. The lowest BCUT2D eigenvalue weighted by Crippen LogP contribution is -2.69. The third-order valence-electron chi connectivity index (χ3n) is 3.96. The summed E-state index contributed by atoms with van der Waals surface area (Å²) >= 11 is 0. The van der Waals surface area contributed by atoms with Crippen molar-refractivity contribution < 1.29 is 14.4 Å². The van der Waals surface area contributed by atoms with E-state index in [-0.39, 0.29) is 0 Å². The molecule has 0 aliphatic carbocycles. The topological polar surface area (TPSA) is 49.3 Å². The van der Waals surface area contributed by atoms with Crippen LogP contribution < -0.4 is 5.32 Å². The zero-order chi connectivity index (χ0) is 14.9. The molecule has 4 heteroatoms. The fourth-order valence-electron chi connectivity index (χ4n) is 2.55. The van der Waals surface area contributed by atoms with E-state index in [0.29, 0.717) is 10.9 Å². The van der Waals surface area contributed by atoms with Gasteiger partial charge in [0, 0.05) is 13.0 Å². The van der Waals surface area contributed by atoms with Gasteiger partial charge in [0.15, 0.2) is 0 Å². The van der Waals surface area contributed by atoms with E-state index in [1.807, 2.05) is 28.1 Å². The van der Waals surface area contributed by atoms with Gasteiger partial charge >= 0.3 is 5.97 Å². The Kier molecular flexibility index (Phi) is 8.26. The number of unbranched alkanes of at least 4 members (excludes halogenated alkanes) is 5. The molecule has 114 valence electrons. The van der Waals surface area contributed by atoms with Gasteiger partial charge in [0.1, 0.15) is 0 Å². The van der Waals surface area contributed by atoms with Crippen molar-refractivity contribution in [2.75, 3.05) is 27.7 Å². The number of carboxylic acid groups (broad SMARTS) is 1. The van der Waals surface area contributed by atoms with Crippen molar-refractivity contribution >= 4 is 5.97 Å². The Bertz CT molecular complexity index is 261. The lowest BCUT2D eigenvalue weighted by atomic mass is 10.0. The number of nitrogens with zero attached hydrogens (tertiary/aromatic N) is 1. The van der Waals surface area contributed by atoms with Crippen LogP contribution in [-0.2, 0) is 4.79 Å². The zero-order valence-corrected chi connectivity index (χ0v) is 13.5. The summed E-state index contributed by atoms with van der Waals surface area (Å²) in [6.07, 6.45) is 7.94. The first kappa shape index (κ1) is 18.4. The van der Waals surface area contributed by atoms with Gasteiger partial charge in [-0.2, -0.15) is 0 Å². The Balaban J connectivity index is 4.19. The minimum atomic E-state index is -0.872. The van der Waals surface area contributed by atoms with Crippen molar-refractivity contribution in [1.29, 1.82) is 0 Å². The second kappa shape index (κ2) is 8.54. The van der Waals surface area contributed by atoms with Gasteiger partial charge in [-0.25, -0.2) is 4.79 Å². The molecule has 1 atom stereocenters. The van der Waals surface area contributed by atoms with Gasteiger partial charge in [0.2, 0.25) is 0 Å². The average molecular weight is 273 g/mol. The predicted octanol–water partition coefficient (Wildman–Crippen LogP) is 2.83. The van der Waals surface area contributed by atoms with Crippen molar-refractivity contribution in [3.8, 4) is 0 Å². The summed E-state index contributed by atoms with van der Waals surface area (Å²) in [5.41, 5.74) is -0.872. The van der Waals surface area contributed by atoms with E-state index in [0.717, 1.165) is 13.0 Å². The third kappa shape index (κ3) is 5.49. The number of quaternary nitrogens is 1. The Morgan fingerprint density at radius 2 is 1.58 bits per heavy atom. The number of rotatable bonds is 11. The highest BCUT2D eigenvalue weighted by Crippen LogP contribution is 2.20. The Hall–Kier alpha value is -0.610. The molecule has 0 aromatic heterocycles. The lowest BCUT2D eigenvalue weighted by molar-refractivity contribution is -0.918. The van der Waals surface area contributed by atoms with Crippen LogP contribution >= 0.6 is 0 Å². The lowest BCUT2D eigenvalue weighted by Gasteiger charge is -2.42. The van der Waals surface area contributed by atoms with Crippen molar-refractivity contribution in [2.45, 2.75) is 64.5 Å². The molecule has 0 spiro atoms. The van der Waals surface area contributed by atoms with Gasteiger partial charge < -0.3 is 9.59 Å². The molecule has 0 aromatic carbocycles. The first-order chi connectivity index (χ1) is 8.81. The second-order valence-electron chi connectivity index (χ2n) is 6.23. The molecule has 1 unspecified atom stereocenters. The fourth-order valence-corrected chi connectivity index (χ4v) is 2.55. The molecule has 0 bridgehead atoms. The molecular formula is C15H33N2O2+. The maximum atomic E-state index is 11.6. The normalized spacial score (nSPS) is 15.2. The van der Waals surface area contributed by atoms with Gasteiger partial charge in [-0.1, -0.05) is 46.0 Å². The van der Waals surface area contributed by atoms with Crippen LogP contribution in [0.1, 0.15) is 58.8 Å². The van der Waals surface area contributed by atoms with Crippen LogP contribution in [0.2, 0.25) is 0 Å². The summed E-state index contributed by atoms with van der Waals surface area (Å²) < 4.78 is 0.397. The summed E-state index contributed by atoms with van der Waals surface area (Å²) in [5.74, 6) is -0.756. The molecule has 0 amide bonds. The van der Waals surface area contributed by atoms with Crippen LogP contribution in [0.3, 0.4) is 0 Å². The number of carbonyl (C=O) groups is 1. The van der Waals surface area contributed by atoms with E-state index in [2.05, 4.69) is 12.2 Å². The van der Waals surface area contributed by atoms with E-state index in [1.54, 1.807) is 0 Å². The molecule has 0 aliphatic heterocycles. The molecule has 0 saturated heterocycles. The van der Waals surface area contributed by atoms with E-state index >= 15 is 0 Å². The zero-order valence-electron chi connectivity index (χ0n) is 13.5. The maximum Gasteiger partial charge on any atom is 0.382 e. The van der Waals surface area contributed by atoms with Crippen LogP contribution in [0.5, 0.6) is 0 Å². The molecule has 0 rings (SSSR count). The molecule has 0 fully saturated rings. The Morgan fingerprint density at radius 1 is 1.05 bits per heavy atom. The molecule has 2 N–H and O–H groups in total. The van der Waals surface area contributed by atoms with Crippen LogP contribution in [0.25, 0.3) is 0 Å². The molecule has 4 nitrogen and oxygen atoms in total. The second-order valence-corrected chi connectivity index (χ2v) is 6.23. The minimum absolute atomic E-state index is 0.397. The van der Waals surface area contributed by atoms with E-state index in [9.17, 15) is 9.90 Å². The summed E-state index contributed by atoms with van der Waals surface area (Å²) in [6, 6.07) is 0. The SMILES string of the molecule is CCCCCCCCNC(CC)(C(=O)O)[N+](C)(C)C. The first-order valence-electron chi connectivity index (χ1n) is 7.61. The van der Waals surface area contributed by atoms with E-state index in [4.69, 9.17) is 0 Å². The largest absolute Gasteiger partial charge is 0.476 e. The molecule has 0 aromatic rings. The summed E-state index contributed by atoms with van der Waals surface area (Å²) in [6.45, 7) is 4.93. The molecule has 19 heavy (non-hydrogen) atoms. The van der Waals surface area contributed by atoms with Crippen molar-refractivity contribution in [2.24, 2.45) is 0 Å². The number of hydrogen-bond donors (Lipinski definition) is 2. The number of hydrogen-bond acceptors (Lipinski definition) is 2. The average Bonchev–Trinajstić information content (AvgIpc) is 2.31. The summed E-state index contributed by atoms with van der Waals surface area (Å²) in [5, 5.41) is 12.8. The number of carboxylic acids is 1. The van der Waals surface area contributed by atoms with E-state index in [1.165, 1.54) is 32.1 Å². The van der Waals surface area contributed by atoms with E-state index < -0.39 is 11.6 Å². The van der Waals surface area contributed by atoms with Crippen LogP contribution in [0, 0.1) is 0 Å². The molecule has 0 saturated carbocycles. The van der Waals surface area contributed by atoms with Crippen LogP contribution in [0.15, 0.2) is 0 Å². The van der Waals surface area contributed by atoms with Crippen molar-refractivity contribution in [3.05, 3.63) is 0 Å². The smallest absolute Gasteiger partial charge is 0.382 e. The monoisotopic (exact) mass is 273 g/mol. The third-order valence-corrected chi connectivity index (χ3v) is 3.96. The fraction of sp³-hybridized carbons (Fsp3) is 0.933. The minimum Gasteiger partial charge on any atom is -0.476 e. The van der Waals surface area contributed by atoms with Crippen molar-refractivity contribution in [1.82, 2.24) is 5.32 Å². The maximum absolute atomic E-state index is 11.6. The standard InChI is InChI=1S/C15H32N2O2/c1-6-8-9-10-11-12-13-16-15(7-2,14(18)19)17(3,4)5/h16H,6-13H2,1-5H3/p+1. The quantitative estimate of drug-likeness (QED) is 0.346. The first-order valence-corrected chi connectivity index (χ1v) is 7.61. The van der Waals surface area contributed by atoms with Gasteiger partial charge in [-0.15, -0.1) is 0 Å². The number of nitrogens with one attached hydrogen (secondary N) is 1. The predicted molar refractivity (Wildman–Crippen MR) is 80.1 cm³/mol. The van der Waals surface area contributed by atoms with Gasteiger partial charge in [0.25, 0.3) is 5.66 Å². The highest BCUT2D eigenvalue weighted by atomic mass is 16.4. The molecule has 0 radical (unpaired) electrons. The molecule has 0 aliphatic rings. The highest BCUT2D eigenvalue weighted by molar-refractivity contribution is 5.76.